The van der Waals surface area contributed by atoms with Gasteiger partial charge in [0.1, 0.15) is 0 Å². The van der Waals surface area contributed by atoms with E-state index >= 15 is 0 Å². The number of aliphatic hydroxyl groups excluding tert-OH is 1. The lowest BCUT2D eigenvalue weighted by molar-refractivity contribution is 0.198. The highest BCUT2D eigenvalue weighted by Crippen LogP contribution is 2.27. The van der Waals surface area contributed by atoms with Gasteiger partial charge >= 0.3 is 0 Å². The van der Waals surface area contributed by atoms with Crippen molar-refractivity contribution < 1.29 is 13.5 Å². The molecule has 66 valence electrons. The average Bonchev–Trinajstić information content (AvgIpc) is 2.64. The molecule has 0 heterocycles. The largest absolute Gasteiger partial charge is 0.392 e. The van der Waals surface area contributed by atoms with E-state index in [0.717, 1.165) is 12.8 Å². The second-order valence-corrected chi connectivity index (χ2v) is 4.99. The van der Waals surface area contributed by atoms with Crippen LogP contribution in [0.2, 0.25) is 0 Å². The zero-order chi connectivity index (χ0) is 8.48. The van der Waals surface area contributed by atoms with Gasteiger partial charge in [0.05, 0.1) is 11.4 Å². The van der Waals surface area contributed by atoms with E-state index in [1.165, 1.54) is 0 Å². The molecule has 1 aliphatic rings. The fraction of sp³-hybridized carbons (Fsp3) is 1.00. The summed E-state index contributed by atoms with van der Waals surface area (Å²) in [5, 5.41) is 8.60. The third-order valence-electron chi connectivity index (χ3n) is 1.54. The lowest BCUT2D eigenvalue weighted by Gasteiger charge is -2.06. The topological polar surface area (TPSA) is 66.4 Å². The number of rotatable bonds is 4. The first-order chi connectivity index (χ1) is 5.02. The maximum atomic E-state index is 11.1. The van der Waals surface area contributed by atoms with Crippen molar-refractivity contribution in [3.8, 4) is 0 Å². The Morgan fingerprint density at radius 2 is 2.18 bits per heavy atom. The van der Waals surface area contributed by atoms with Crippen molar-refractivity contribution >= 4 is 10.0 Å². The third kappa shape index (κ3) is 2.76. The Bertz CT molecular complexity index is 218. The van der Waals surface area contributed by atoms with Crippen LogP contribution < -0.4 is 4.72 Å². The van der Waals surface area contributed by atoms with Crippen molar-refractivity contribution in [2.75, 3.05) is 6.54 Å². The normalized spacial score (nSPS) is 21.6. The van der Waals surface area contributed by atoms with Gasteiger partial charge in [-0.2, -0.15) is 0 Å². The summed E-state index contributed by atoms with van der Waals surface area (Å²) in [5.74, 6) is 0. The first kappa shape index (κ1) is 8.96. The molecule has 0 aromatic rings. The Kier molecular flexibility index (Phi) is 2.51. The van der Waals surface area contributed by atoms with E-state index in [0.29, 0.717) is 0 Å². The molecule has 1 rings (SSSR count). The Morgan fingerprint density at radius 1 is 1.64 bits per heavy atom. The molecule has 0 unspecified atom stereocenters. The van der Waals surface area contributed by atoms with Gasteiger partial charge in [-0.25, -0.2) is 13.1 Å². The smallest absolute Gasteiger partial charge is 0.214 e. The van der Waals surface area contributed by atoms with Gasteiger partial charge in [0.15, 0.2) is 0 Å². The molecule has 0 amide bonds. The summed E-state index contributed by atoms with van der Waals surface area (Å²) in [6.07, 6.45) is 0.910. The van der Waals surface area contributed by atoms with Gasteiger partial charge in [-0.3, -0.25) is 0 Å². The molecule has 0 aliphatic heterocycles. The molecule has 0 spiro atoms. The monoisotopic (exact) mass is 179 g/mol. The van der Waals surface area contributed by atoms with E-state index in [1.54, 1.807) is 6.92 Å². The molecule has 5 heteroatoms. The second kappa shape index (κ2) is 3.08. The summed E-state index contributed by atoms with van der Waals surface area (Å²) in [4.78, 5) is 0. The molecule has 11 heavy (non-hydrogen) atoms. The molecular formula is C6H13NO3S. The highest BCUT2D eigenvalue weighted by molar-refractivity contribution is 7.90. The second-order valence-electron chi connectivity index (χ2n) is 2.94. The predicted molar refractivity (Wildman–Crippen MR) is 41.6 cm³/mol. The summed E-state index contributed by atoms with van der Waals surface area (Å²) in [7, 11) is -3.09. The van der Waals surface area contributed by atoms with Crippen LogP contribution in [0.3, 0.4) is 0 Å². The fourth-order valence-corrected chi connectivity index (χ4v) is 2.20. The maximum absolute atomic E-state index is 11.1. The lowest BCUT2D eigenvalue weighted by Crippen LogP contribution is -2.33. The van der Waals surface area contributed by atoms with E-state index in [9.17, 15) is 8.42 Å². The molecule has 1 aliphatic carbocycles. The lowest BCUT2D eigenvalue weighted by atomic mass is 10.4. The summed E-state index contributed by atoms with van der Waals surface area (Å²) < 4.78 is 24.5. The van der Waals surface area contributed by atoms with E-state index in [2.05, 4.69) is 4.72 Å². The van der Waals surface area contributed by atoms with E-state index in [-0.39, 0.29) is 11.8 Å². The SMILES string of the molecule is C[C@H](O)CNS(=O)(=O)C1CC1. The Hall–Kier alpha value is -0.130. The molecule has 0 bridgehead atoms. The number of hydrogen-bond acceptors (Lipinski definition) is 3. The molecule has 2 N–H and O–H groups in total. The van der Waals surface area contributed by atoms with Crippen molar-refractivity contribution in [3.05, 3.63) is 0 Å². The van der Waals surface area contributed by atoms with Crippen molar-refractivity contribution in [2.45, 2.75) is 31.1 Å². The minimum absolute atomic E-state index is 0.124. The first-order valence-corrected chi connectivity index (χ1v) is 5.23. The third-order valence-corrected chi connectivity index (χ3v) is 3.46. The summed E-state index contributed by atoms with van der Waals surface area (Å²) >= 11 is 0. The Morgan fingerprint density at radius 3 is 2.55 bits per heavy atom. The van der Waals surface area contributed by atoms with Gasteiger partial charge < -0.3 is 5.11 Å². The molecule has 1 atom stereocenters. The van der Waals surface area contributed by atoms with Crippen LogP contribution in [0, 0.1) is 0 Å². The summed E-state index contributed by atoms with van der Waals surface area (Å²) in [6.45, 7) is 1.67. The van der Waals surface area contributed by atoms with Crippen LogP contribution in [-0.2, 0) is 10.0 Å². The van der Waals surface area contributed by atoms with Crippen LogP contribution in [0.5, 0.6) is 0 Å². The van der Waals surface area contributed by atoms with Crippen LogP contribution >= 0.6 is 0 Å². The maximum Gasteiger partial charge on any atom is 0.214 e. The first-order valence-electron chi connectivity index (χ1n) is 3.69. The zero-order valence-electron chi connectivity index (χ0n) is 6.45. The molecule has 1 saturated carbocycles. The van der Waals surface area contributed by atoms with Gasteiger partial charge in [-0.15, -0.1) is 0 Å². The average molecular weight is 179 g/mol. The molecule has 0 saturated heterocycles. The number of aliphatic hydroxyl groups is 1. The van der Waals surface area contributed by atoms with Gasteiger partial charge in [0.25, 0.3) is 0 Å². The quantitative estimate of drug-likeness (QED) is 0.608. The fourth-order valence-electron chi connectivity index (χ4n) is 0.733. The van der Waals surface area contributed by atoms with Crippen molar-refractivity contribution in [1.82, 2.24) is 4.72 Å². The molecule has 0 radical (unpaired) electrons. The van der Waals surface area contributed by atoms with E-state index in [1.807, 2.05) is 0 Å². The van der Waals surface area contributed by atoms with E-state index in [4.69, 9.17) is 5.11 Å². The highest BCUT2D eigenvalue weighted by atomic mass is 32.2. The molecule has 0 aromatic heterocycles. The number of sulfonamides is 1. The van der Waals surface area contributed by atoms with Crippen LogP contribution in [-0.4, -0.2) is 31.4 Å². The van der Waals surface area contributed by atoms with Crippen LogP contribution in [0.15, 0.2) is 0 Å². The highest BCUT2D eigenvalue weighted by Gasteiger charge is 2.35. The van der Waals surface area contributed by atoms with Gasteiger partial charge in [-0.1, -0.05) is 0 Å². The van der Waals surface area contributed by atoms with Crippen LogP contribution in [0.1, 0.15) is 19.8 Å². The predicted octanol–water partition coefficient (Wildman–Crippen LogP) is -0.551. The van der Waals surface area contributed by atoms with Gasteiger partial charge in [0, 0.05) is 6.54 Å². The van der Waals surface area contributed by atoms with Gasteiger partial charge in [0.2, 0.25) is 10.0 Å². The van der Waals surface area contributed by atoms with Crippen LogP contribution in [0.4, 0.5) is 0 Å². The molecule has 0 aromatic carbocycles. The van der Waals surface area contributed by atoms with Crippen LogP contribution in [0.25, 0.3) is 0 Å². The van der Waals surface area contributed by atoms with Crippen molar-refractivity contribution in [1.29, 1.82) is 0 Å². The van der Waals surface area contributed by atoms with Gasteiger partial charge in [-0.05, 0) is 19.8 Å². The summed E-state index contributed by atoms with van der Waals surface area (Å²) in [6, 6.07) is 0. The minimum atomic E-state index is -3.09. The zero-order valence-corrected chi connectivity index (χ0v) is 7.26. The molecular weight excluding hydrogens is 166 g/mol. The standard InChI is InChI=1S/C6H13NO3S/c1-5(8)4-7-11(9,10)6-2-3-6/h5-8H,2-4H2,1H3/t5-/m0/s1. The number of hydrogen-bond donors (Lipinski definition) is 2. The Balaban J connectivity index is 2.35. The van der Waals surface area contributed by atoms with Crippen molar-refractivity contribution in [2.24, 2.45) is 0 Å². The summed E-state index contributed by atoms with van der Waals surface area (Å²) in [5.41, 5.74) is 0. The molecule has 1 fully saturated rings. The Labute approximate surface area is 66.7 Å². The molecule has 4 nitrogen and oxygen atoms in total. The van der Waals surface area contributed by atoms with E-state index < -0.39 is 16.1 Å². The van der Waals surface area contributed by atoms with Crippen molar-refractivity contribution in [3.63, 3.8) is 0 Å². The minimum Gasteiger partial charge on any atom is -0.392 e. The number of nitrogens with one attached hydrogen (secondary N) is 1.